The van der Waals surface area contributed by atoms with Gasteiger partial charge in [-0.1, -0.05) is 30.3 Å². The molecule has 2 aromatic rings. The maximum absolute atomic E-state index is 13.3. The molecule has 1 saturated heterocycles. The van der Waals surface area contributed by atoms with Gasteiger partial charge in [0, 0.05) is 37.2 Å². The van der Waals surface area contributed by atoms with Gasteiger partial charge < -0.3 is 15.0 Å². The summed E-state index contributed by atoms with van der Waals surface area (Å²) in [7, 11) is 1.25. The largest absolute Gasteiger partial charge is 0.469 e. The predicted octanol–water partition coefficient (Wildman–Crippen LogP) is 3.69. The Balaban J connectivity index is 1.95. The van der Waals surface area contributed by atoms with Gasteiger partial charge in [-0.3, -0.25) is 14.4 Å². The van der Waals surface area contributed by atoms with E-state index in [1.54, 1.807) is 12.1 Å². The Morgan fingerprint density at radius 2 is 1.74 bits per heavy atom. The highest BCUT2D eigenvalue weighted by molar-refractivity contribution is 5.97. The number of alkyl halides is 3. The molecule has 3 rings (SSSR count). The molecule has 1 aliphatic heterocycles. The summed E-state index contributed by atoms with van der Waals surface area (Å²) >= 11 is 0. The molecule has 0 aromatic heterocycles. The average Bonchev–Trinajstić information content (AvgIpc) is 3.17. The summed E-state index contributed by atoms with van der Waals surface area (Å²) in [6.45, 7) is 1.32. The number of hydrogen-bond donors (Lipinski definition) is 1. The van der Waals surface area contributed by atoms with E-state index < -0.39 is 35.4 Å². The smallest absolute Gasteiger partial charge is 0.416 e. The first-order valence-electron chi connectivity index (χ1n) is 9.52. The first-order valence-corrected chi connectivity index (χ1v) is 9.52. The molecule has 1 aliphatic rings. The number of anilines is 1. The van der Waals surface area contributed by atoms with Gasteiger partial charge in [-0.25, -0.2) is 0 Å². The van der Waals surface area contributed by atoms with Gasteiger partial charge in [0.05, 0.1) is 18.6 Å². The average molecular weight is 434 g/mol. The van der Waals surface area contributed by atoms with Crippen molar-refractivity contribution in [3.63, 3.8) is 0 Å². The third-order valence-corrected chi connectivity index (χ3v) is 5.17. The zero-order chi connectivity index (χ0) is 22.8. The lowest BCUT2D eigenvalue weighted by Gasteiger charge is -2.18. The highest BCUT2D eigenvalue weighted by Crippen LogP contribution is 2.36. The molecule has 1 fully saturated rings. The van der Waals surface area contributed by atoms with E-state index in [2.05, 4.69) is 5.32 Å². The minimum absolute atomic E-state index is 0.0107. The standard InChI is InChI=1S/C22H21F3N2O4/c1-13(28)26-17-9-15(8-16(10-17)22(23,24)25)20(29)27-11-18(14-6-4-3-5-7-14)19(12-27)21(30)31-2/h3-10,18-19H,11-12H2,1-2H3,(H,26,28)/t18-,19+/m0/s1. The molecule has 6 nitrogen and oxygen atoms in total. The Kier molecular flexibility index (Phi) is 6.33. The second kappa shape index (κ2) is 8.79. The Morgan fingerprint density at radius 1 is 1.06 bits per heavy atom. The molecule has 2 atom stereocenters. The number of amides is 2. The van der Waals surface area contributed by atoms with Crippen molar-refractivity contribution >= 4 is 23.5 Å². The molecule has 1 N–H and O–H groups in total. The molecule has 164 valence electrons. The fourth-order valence-corrected chi connectivity index (χ4v) is 3.77. The van der Waals surface area contributed by atoms with Crippen molar-refractivity contribution in [2.45, 2.75) is 19.0 Å². The molecule has 1 heterocycles. The van der Waals surface area contributed by atoms with E-state index in [9.17, 15) is 27.6 Å². The lowest BCUT2D eigenvalue weighted by molar-refractivity contribution is -0.145. The van der Waals surface area contributed by atoms with Crippen LogP contribution in [0.5, 0.6) is 0 Å². The van der Waals surface area contributed by atoms with E-state index in [-0.39, 0.29) is 30.3 Å². The molecule has 0 saturated carbocycles. The van der Waals surface area contributed by atoms with E-state index in [4.69, 9.17) is 4.74 Å². The summed E-state index contributed by atoms with van der Waals surface area (Å²) in [5.41, 5.74) is -0.577. The molecule has 0 bridgehead atoms. The van der Waals surface area contributed by atoms with Crippen molar-refractivity contribution in [2.75, 3.05) is 25.5 Å². The number of likely N-dealkylation sites (tertiary alicyclic amines) is 1. The van der Waals surface area contributed by atoms with Gasteiger partial charge in [-0.2, -0.15) is 13.2 Å². The van der Waals surface area contributed by atoms with Crippen LogP contribution in [0, 0.1) is 5.92 Å². The Labute approximate surface area is 177 Å². The number of rotatable bonds is 4. The van der Waals surface area contributed by atoms with Crippen LogP contribution in [0.15, 0.2) is 48.5 Å². The van der Waals surface area contributed by atoms with Crippen LogP contribution < -0.4 is 5.32 Å². The van der Waals surface area contributed by atoms with Crippen molar-refractivity contribution in [2.24, 2.45) is 5.92 Å². The normalized spacial score (nSPS) is 18.5. The van der Waals surface area contributed by atoms with Crippen molar-refractivity contribution in [1.29, 1.82) is 0 Å². The zero-order valence-corrected chi connectivity index (χ0v) is 16.9. The Hall–Kier alpha value is -3.36. The summed E-state index contributed by atoms with van der Waals surface area (Å²) in [5.74, 6) is -2.71. The number of methoxy groups -OCH3 is 1. The SMILES string of the molecule is COC(=O)[C@@H]1CN(C(=O)c2cc(NC(C)=O)cc(C(F)(F)F)c2)C[C@H]1c1ccccc1. The molecule has 31 heavy (non-hydrogen) atoms. The summed E-state index contributed by atoms with van der Waals surface area (Å²) in [4.78, 5) is 38.1. The monoisotopic (exact) mass is 434 g/mol. The Morgan fingerprint density at radius 3 is 2.32 bits per heavy atom. The molecule has 2 amide bonds. The topological polar surface area (TPSA) is 75.7 Å². The molecular weight excluding hydrogens is 413 g/mol. The minimum atomic E-state index is -4.70. The lowest BCUT2D eigenvalue weighted by Crippen LogP contribution is -2.30. The van der Waals surface area contributed by atoms with Gasteiger partial charge in [-0.05, 0) is 23.8 Å². The minimum Gasteiger partial charge on any atom is -0.469 e. The van der Waals surface area contributed by atoms with Crippen LogP contribution in [0.3, 0.4) is 0 Å². The predicted molar refractivity (Wildman–Crippen MR) is 106 cm³/mol. The summed E-state index contributed by atoms with van der Waals surface area (Å²) < 4.78 is 44.8. The number of nitrogens with one attached hydrogen (secondary N) is 1. The highest BCUT2D eigenvalue weighted by Gasteiger charge is 2.41. The van der Waals surface area contributed by atoms with E-state index in [0.717, 1.165) is 24.6 Å². The number of esters is 1. The van der Waals surface area contributed by atoms with E-state index in [1.807, 2.05) is 18.2 Å². The lowest BCUT2D eigenvalue weighted by atomic mass is 9.89. The fourth-order valence-electron chi connectivity index (χ4n) is 3.77. The number of ether oxygens (including phenoxy) is 1. The molecule has 0 aliphatic carbocycles. The quantitative estimate of drug-likeness (QED) is 0.745. The molecule has 0 spiro atoms. The molecule has 0 radical (unpaired) electrons. The van der Waals surface area contributed by atoms with Crippen LogP contribution in [0.2, 0.25) is 0 Å². The van der Waals surface area contributed by atoms with Gasteiger partial charge in [0.1, 0.15) is 0 Å². The number of halogens is 3. The van der Waals surface area contributed by atoms with Crippen LogP contribution in [0.1, 0.15) is 34.3 Å². The number of nitrogens with zero attached hydrogens (tertiary/aromatic N) is 1. The van der Waals surface area contributed by atoms with Crippen molar-refractivity contribution < 1.29 is 32.3 Å². The highest BCUT2D eigenvalue weighted by atomic mass is 19.4. The number of carbonyl (C=O) groups is 3. The van der Waals surface area contributed by atoms with Gasteiger partial charge in [0.15, 0.2) is 0 Å². The number of benzene rings is 2. The van der Waals surface area contributed by atoms with Crippen LogP contribution in [-0.2, 0) is 20.5 Å². The molecule has 9 heteroatoms. The maximum Gasteiger partial charge on any atom is 0.416 e. The molecule has 0 unspecified atom stereocenters. The number of hydrogen-bond acceptors (Lipinski definition) is 4. The van der Waals surface area contributed by atoms with Crippen LogP contribution in [-0.4, -0.2) is 42.9 Å². The third-order valence-electron chi connectivity index (χ3n) is 5.17. The van der Waals surface area contributed by atoms with Crippen molar-refractivity contribution in [1.82, 2.24) is 4.90 Å². The summed E-state index contributed by atoms with van der Waals surface area (Å²) in [6.07, 6.45) is -4.70. The fraction of sp³-hybridized carbons (Fsp3) is 0.318. The van der Waals surface area contributed by atoms with E-state index in [0.29, 0.717) is 0 Å². The van der Waals surface area contributed by atoms with Crippen molar-refractivity contribution in [3.8, 4) is 0 Å². The maximum atomic E-state index is 13.3. The molecular formula is C22H21F3N2O4. The zero-order valence-electron chi connectivity index (χ0n) is 16.9. The van der Waals surface area contributed by atoms with E-state index >= 15 is 0 Å². The van der Waals surface area contributed by atoms with Crippen LogP contribution in [0.4, 0.5) is 18.9 Å². The van der Waals surface area contributed by atoms with E-state index in [1.165, 1.54) is 18.1 Å². The van der Waals surface area contributed by atoms with Gasteiger partial charge in [0.2, 0.25) is 5.91 Å². The first kappa shape index (κ1) is 22.3. The van der Waals surface area contributed by atoms with Crippen molar-refractivity contribution in [3.05, 3.63) is 65.2 Å². The first-order chi connectivity index (χ1) is 14.6. The number of carbonyl (C=O) groups excluding carboxylic acids is 3. The van der Waals surface area contributed by atoms with Gasteiger partial charge in [0.25, 0.3) is 5.91 Å². The second-order valence-electron chi connectivity index (χ2n) is 7.33. The second-order valence-corrected chi connectivity index (χ2v) is 7.33. The van der Waals surface area contributed by atoms with Crippen LogP contribution >= 0.6 is 0 Å². The Bertz CT molecular complexity index is 992. The third kappa shape index (κ3) is 5.04. The van der Waals surface area contributed by atoms with Gasteiger partial charge >= 0.3 is 12.1 Å². The summed E-state index contributed by atoms with van der Waals surface area (Å²) in [6, 6.07) is 11.8. The van der Waals surface area contributed by atoms with Gasteiger partial charge in [-0.15, -0.1) is 0 Å². The molecule has 2 aromatic carbocycles. The van der Waals surface area contributed by atoms with Crippen LogP contribution in [0.25, 0.3) is 0 Å². The summed E-state index contributed by atoms with van der Waals surface area (Å²) in [5, 5.41) is 2.29.